The molecular formula is C29H28N4O2. The summed E-state index contributed by atoms with van der Waals surface area (Å²) in [7, 11) is 0. The van der Waals surface area contributed by atoms with Gasteiger partial charge in [-0.05, 0) is 90.0 Å². The average molecular weight is 465 g/mol. The monoisotopic (exact) mass is 464 g/mol. The number of allylic oxidation sites excluding steroid dienone is 2. The van der Waals surface area contributed by atoms with Crippen molar-refractivity contribution in [1.82, 2.24) is 10.3 Å². The van der Waals surface area contributed by atoms with Gasteiger partial charge in [0.1, 0.15) is 29.2 Å². The van der Waals surface area contributed by atoms with Gasteiger partial charge in [-0.1, -0.05) is 42.0 Å². The van der Waals surface area contributed by atoms with Crippen molar-refractivity contribution in [2.75, 3.05) is 0 Å². The van der Waals surface area contributed by atoms with Crippen LogP contribution < -0.4 is 26.4 Å². The van der Waals surface area contributed by atoms with E-state index < -0.39 is 0 Å². The summed E-state index contributed by atoms with van der Waals surface area (Å²) in [5.74, 6) is 1.45. The van der Waals surface area contributed by atoms with Crippen LogP contribution >= 0.6 is 0 Å². The summed E-state index contributed by atoms with van der Waals surface area (Å²) in [5.41, 5.74) is 13.8. The highest BCUT2D eigenvalue weighted by atomic mass is 16.5. The van der Waals surface area contributed by atoms with Gasteiger partial charge in [0.05, 0.1) is 6.04 Å². The van der Waals surface area contributed by atoms with Crippen molar-refractivity contribution in [2.24, 2.45) is 10.9 Å². The van der Waals surface area contributed by atoms with Gasteiger partial charge in [-0.2, -0.15) is 0 Å². The molecule has 1 aliphatic carbocycles. The van der Waals surface area contributed by atoms with E-state index in [1.165, 1.54) is 27.8 Å². The van der Waals surface area contributed by atoms with E-state index in [0.717, 1.165) is 34.7 Å². The van der Waals surface area contributed by atoms with Crippen molar-refractivity contribution < 1.29 is 4.74 Å². The summed E-state index contributed by atoms with van der Waals surface area (Å²) >= 11 is 0. The van der Waals surface area contributed by atoms with Crippen molar-refractivity contribution in [1.29, 1.82) is 0 Å². The molecule has 2 heterocycles. The third kappa shape index (κ3) is 4.87. The van der Waals surface area contributed by atoms with E-state index in [2.05, 4.69) is 65.8 Å². The van der Waals surface area contributed by atoms with Crippen molar-refractivity contribution in [3.8, 4) is 5.75 Å². The largest absolute Gasteiger partial charge is 0.489 e. The zero-order chi connectivity index (χ0) is 24.4. The Hall–Kier alpha value is -4.19. The van der Waals surface area contributed by atoms with E-state index in [4.69, 9.17) is 10.5 Å². The second kappa shape index (κ2) is 9.58. The van der Waals surface area contributed by atoms with Gasteiger partial charge in [0.2, 0.25) is 0 Å². The highest BCUT2D eigenvalue weighted by molar-refractivity contribution is 5.71. The maximum atomic E-state index is 10.6. The quantitative estimate of drug-likeness (QED) is 0.519. The highest BCUT2D eigenvalue weighted by Gasteiger charge is 2.19. The number of aryl methyl sites for hydroxylation is 3. The first-order valence-electron chi connectivity index (χ1n) is 11.8. The van der Waals surface area contributed by atoms with E-state index in [0.29, 0.717) is 18.1 Å². The van der Waals surface area contributed by atoms with Crippen LogP contribution in [0.2, 0.25) is 0 Å². The number of pyridine rings is 1. The van der Waals surface area contributed by atoms with Gasteiger partial charge in [-0.15, -0.1) is 4.91 Å². The number of nitrogens with one attached hydrogen (secondary N) is 1. The lowest BCUT2D eigenvalue weighted by atomic mass is 9.93. The van der Waals surface area contributed by atoms with Gasteiger partial charge in [0, 0.05) is 11.4 Å². The van der Waals surface area contributed by atoms with Gasteiger partial charge in [0.25, 0.3) is 0 Å². The Labute approximate surface area is 204 Å². The van der Waals surface area contributed by atoms with E-state index in [-0.39, 0.29) is 6.04 Å². The smallest absolute Gasteiger partial charge is 0.124 e. The second-order valence-corrected chi connectivity index (χ2v) is 9.11. The summed E-state index contributed by atoms with van der Waals surface area (Å²) < 4.78 is 5.94. The molecule has 1 unspecified atom stereocenters. The zero-order valence-corrected chi connectivity index (χ0v) is 19.9. The molecule has 0 spiro atoms. The third-order valence-corrected chi connectivity index (χ3v) is 6.56. The minimum absolute atomic E-state index is 0.0963. The minimum Gasteiger partial charge on any atom is -0.489 e. The molecule has 5 rings (SSSR count). The topological polar surface area (TPSA) is 89.6 Å². The molecule has 0 fully saturated rings. The summed E-state index contributed by atoms with van der Waals surface area (Å²) in [5, 5.41) is 8.22. The fraction of sp³-hybridized carbons (Fsp3) is 0.207. The molecule has 0 saturated carbocycles. The van der Waals surface area contributed by atoms with Crippen LogP contribution in [0.15, 0.2) is 83.7 Å². The number of nitroso groups, excluding NO2 is 1. The SMILES string of the molecule is CC1=CC2NC(N)=c3ncc(CCc4ccc(OCc5ccc(N=O)cc5)cc4C)cc3=C2C=C1. The molecule has 6 nitrogen and oxygen atoms in total. The number of rotatable bonds is 7. The molecule has 1 aliphatic heterocycles. The fourth-order valence-electron chi connectivity index (χ4n) is 4.56. The van der Waals surface area contributed by atoms with Crippen molar-refractivity contribution in [2.45, 2.75) is 39.3 Å². The summed E-state index contributed by atoms with van der Waals surface area (Å²) in [4.78, 5) is 15.2. The Morgan fingerprint density at radius 1 is 1.03 bits per heavy atom. The van der Waals surface area contributed by atoms with E-state index in [9.17, 15) is 4.91 Å². The van der Waals surface area contributed by atoms with Crippen LogP contribution in [-0.2, 0) is 19.4 Å². The molecule has 3 aromatic rings. The van der Waals surface area contributed by atoms with Gasteiger partial charge in [0.15, 0.2) is 0 Å². The lowest BCUT2D eigenvalue weighted by molar-refractivity contribution is 0.306. The molecule has 1 aromatic heterocycles. The normalized spacial score (nSPS) is 16.2. The Kier molecular flexibility index (Phi) is 6.19. The van der Waals surface area contributed by atoms with Crippen LogP contribution in [0.4, 0.5) is 5.69 Å². The van der Waals surface area contributed by atoms with Gasteiger partial charge in [-0.3, -0.25) is 4.98 Å². The maximum absolute atomic E-state index is 10.6. The number of hydrogen-bond donors (Lipinski definition) is 2. The van der Waals surface area contributed by atoms with Crippen LogP contribution in [0.5, 0.6) is 5.75 Å². The van der Waals surface area contributed by atoms with Crippen LogP contribution in [0, 0.1) is 11.8 Å². The van der Waals surface area contributed by atoms with E-state index in [1.807, 2.05) is 24.4 Å². The van der Waals surface area contributed by atoms with Crippen molar-refractivity contribution in [3.63, 3.8) is 0 Å². The van der Waals surface area contributed by atoms with E-state index in [1.54, 1.807) is 12.1 Å². The number of benzene rings is 2. The Bertz CT molecular complexity index is 1470. The molecule has 0 radical (unpaired) electrons. The molecule has 35 heavy (non-hydrogen) atoms. The molecule has 176 valence electrons. The Morgan fingerprint density at radius 2 is 1.86 bits per heavy atom. The summed E-state index contributed by atoms with van der Waals surface area (Å²) in [6.07, 6.45) is 10.2. The number of nitrogens with zero attached hydrogens (tertiary/aromatic N) is 2. The fourth-order valence-corrected chi connectivity index (χ4v) is 4.56. The standard InChI is InChI=1S/C29H28N4O2/c1-18-3-12-25-26-15-21(16-31-28(26)29(30)32-27(25)13-18)4-7-22-8-11-24(14-19(22)2)35-17-20-5-9-23(33-34)10-6-20/h3,5-6,8-16,27,32H,4,7,17,30H2,1-2H3. The van der Waals surface area contributed by atoms with Gasteiger partial charge in [-0.25, -0.2) is 0 Å². The second-order valence-electron chi connectivity index (χ2n) is 9.11. The number of ether oxygens (including phenoxy) is 1. The zero-order valence-electron chi connectivity index (χ0n) is 19.9. The first kappa shape index (κ1) is 22.6. The van der Waals surface area contributed by atoms with Crippen LogP contribution in [0.3, 0.4) is 0 Å². The predicted molar refractivity (Wildman–Crippen MR) is 139 cm³/mol. The number of nitrogens with two attached hydrogens (primary N) is 1. The lowest BCUT2D eigenvalue weighted by Crippen LogP contribution is -2.49. The molecular weight excluding hydrogens is 436 g/mol. The maximum Gasteiger partial charge on any atom is 0.124 e. The van der Waals surface area contributed by atoms with Crippen LogP contribution in [-0.4, -0.2) is 11.0 Å². The number of fused-ring (bicyclic) bond motifs is 2. The summed E-state index contributed by atoms with van der Waals surface area (Å²) in [6.45, 7) is 4.65. The molecule has 2 aliphatic rings. The Morgan fingerprint density at radius 3 is 2.63 bits per heavy atom. The first-order chi connectivity index (χ1) is 17.0. The summed E-state index contributed by atoms with van der Waals surface area (Å²) in [6, 6.07) is 15.6. The Balaban J connectivity index is 1.28. The molecule has 0 bridgehead atoms. The van der Waals surface area contributed by atoms with Crippen LogP contribution in [0.25, 0.3) is 11.4 Å². The molecule has 0 amide bonds. The molecule has 3 N–H and O–H groups in total. The highest BCUT2D eigenvalue weighted by Crippen LogP contribution is 2.21. The third-order valence-electron chi connectivity index (χ3n) is 6.56. The lowest BCUT2D eigenvalue weighted by Gasteiger charge is -2.25. The number of hydrogen-bond acceptors (Lipinski definition) is 6. The molecule has 0 saturated heterocycles. The van der Waals surface area contributed by atoms with E-state index >= 15 is 0 Å². The van der Waals surface area contributed by atoms with Crippen molar-refractivity contribution >= 4 is 17.1 Å². The van der Waals surface area contributed by atoms with Crippen molar-refractivity contribution in [3.05, 3.63) is 116 Å². The molecule has 2 aromatic carbocycles. The predicted octanol–water partition coefficient (Wildman–Crippen LogP) is 3.82. The molecule has 1 atom stereocenters. The first-order valence-corrected chi connectivity index (χ1v) is 11.8. The minimum atomic E-state index is 0.0963. The van der Waals surface area contributed by atoms with Gasteiger partial charge < -0.3 is 15.8 Å². The number of aromatic nitrogens is 1. The molecule has 6 heteroatoms. The average Bonchev–Trinajstić information content (AvgIpc) is 2.87. The van der Waals surface area contributed by atoms with Crippen LogP contribution in [0.1, 0.15) is 29.2 Å². The van der Waals surface area contributed by atoms with Gasteiger partial charge >= 0.3 is 0 Å².